The minimum Gasteiger partial charge on any atom is -0.366 e. The Kier molecular flexibility index (Phi) is 10.6. The van der Waals surface area contributed by atoms with Crippen molar-refractivity contribution in [2.45, 2.75) is 70.8 Å². The molecule has 0 aliphatic carbocycles. The maximum absolute atomic E-state index is 4.19. The average molecular weight is 558 g/mol. The Morgan fingerprint density at radius 1 is 0.732 bits per heavy atom. The van der Waals surface area contributed by atoms with E-state index in [-0.39, 0.29) is 11.0 Å². The molecule has 0 aliphatic rings. The topological polar surface area (TPSA) is 3.24 Å². The van der Waals surface area contributed by atoms with Crippen molar-refractivity contribution < 1.29 is 0 Å². The van der Waals surface area contributed by atoms with Crippen molar-refractivity contribution in [3.8, 4) is 0 Å². The third-order valence-electron chi connectivity index (χ3n) is 8.28. The molecular formula is C39H47NSi. The van der Waals surface area contributed by atoms with Gasteiger partial charge < -0.3 is 4.57 Å². The van der Waals surface area contributed by atoms with E-state index in [1.807, 2.05) is 0 Å². The van der Waals surface area contributed by atoms with Gasteiger partial charge in [0, 0.05) is 11.6 Å². The van der Waals surface area contributed by atoms with Gasteiger partial charge in [0.15, 0.2) is 0 Å². The van der Waals surface area contributed by atoms with Crippen LogP contribution in [0, 0.1) is 0 Å². The molecule has 0 N–H and O–H groups in total. The number of allylic oxidation sites excluding steroid dienone is 2. The molecule has 0 aromatic heterocycles. The number of rotatable bonds is 13. The van der Waals surface area contributed by atoms with Gasteiger partial charge in [-0.2, -0.15) is 0 Å². The first kappa shape index (κ1) is 30.3. The summed E-state index contributed by atoms with van der Waals surface area (Å²) in [5.74, 6) is 0.287. The second-order valence-electron chi connectivity index (χ2n) is 12.0. The van der Waals surface area contributed by atoms with Crippen LogP contribution < -0.4 is 14.9 Å². The van der Waals surface area contributed by atoms with Crippen LogP contribution in [0.5, 0.6) is 0 Å². The van der Waals surface area contributed by atoms with E-state index in [1.165, 1.54) is 46.5 Å². The molecule has 4 rings (SSSR count). The summed E-state index contributed by atoms with van der Waals surface area (Å²) in [6.07, 6.45) is 10.3. The molecule has 0 saturated carbocycles. The van der Waals surface area contributed by atoms with Crippen molar-refractivity contribution in [1.82, 2.24) is 0 Å². The summed E-state index contributed by atoms with van der Waals surface area (Å²) < 4.78 is 2.73. The monoisotopic (exact) mass is 557 g/mol. The number of unbranched alkanes of at least 4 members (excludes halogenated alkanes) is 2. The predicted octanol–water partition coefficient (Wildman–Crippen LogP) is 9.88. The zero-order valence-electron chi connectivity index (χ0n) is 25.5. The molecular weight excluding hydrogens is 511 g/mol. The second-order valence-corrected chi connectivity index (χ2v) is 16.6. The first-order valence-electron chi connectivity index (χ1n) is 15.2. The largest absolute Gasteiger partial charge is 0.366 e. The molecule has 0 heterocycles. The number of nitrogens with zero attached hydrogens (tertiary/aromatic N) is 1. The summed E-state index contributed by atoms with van der Waals surface area (Å²) in [5, 5.41) is 2.82. The molecule has 2 heteroatoms. The lowest BCUT2D eigenvalue weighted by Gasteiger charge is -2.51. The number of benzene rings is 4. The van der Waals surface area contributed by atoms with Gasteiger partial charge in [-0.3, -0.25) is 0 Å². The molecule has 0 radical (unpaired) electrons. The summed E-state index contributed by atoms with van der Waals surface area (Å²) in [4.78, 5) is 0. The fourth-order valence-corrected chi connectivity index (χ4v) is 12.0. The van der Waals surface area contributed by atoms with Crippen LogP contribution in [0.25, 0.3) is 0 Å². The van der Waals surface area contributed by atoms with E-state index in [2.05, 4.69) is 172 Å². The van der Waals surface area contributed by atoms with E-state index < -0.39 is 8.24 Å². The Bertz CT molecular complexity index is 1320. The Morgan fingerprint density at radius 3 is 1.68 bits per heavy atom. The lowest BCUT2D eigenvalue weighted by Crippen LogP contribution is -2.74. The van der Waals surface area contributed by atoms with Crippen molar-refractivity contribution in [2.24, 2.45) is 0 Å². The summed E-state index contributed by atoms with van der Waals surface area (Å²) in [7, 11) is -2.67. The van der Waals surface area contributed by atoms with Crippen LogP contribution in [-0.4, -0.2) is 8.24 Å². The summed E-state index contributed by atoms with van der Waals surface area (Å²) in [6, 6.07) is 44.7. The maximum atomic E-state index is 4.19. The Balaban J connectivity index is 2.08. The molecule has 0 saturated heterocycles. The second kappa shape index (κ2) is 14.3. The van der Waals surface area contributed by atoms with Crippen LogP contribution in [0.1, 0.15) is 71.3 Å². The number of hydrogen-bond acceptors (Lipinski definition) is 1. The van der Waals surface area contributed by atoms with E-state index in [0.717, 1.165) is 12.8 Å². The van der Waals surface area contributed by atoms with Gasteiger partial charge in [-0.1, -0.05) is 156 Å². The fraction of sp³-hybridized carbons (Fsp3) is 0.282. The molecule has 1 nitrogen and oxygen atoms in total. The Morgan fingerprint density at radius 2 is 1.22 bits per heavy atom. The minimum atomic E-state index is -2.67. The van der Waals surface area contributed by atoms with Crippen molar-refractivity contribution >= 4 is 24.3 Å². The molecule has 0 fully saturated rings. The van der Waals surface area contributed by atoms with E-state index in [1.54, 1.807) is 0 Å². The van der Waals surface area contributed by atoms with Gasteiger partial charge >= 0.3 is 0 Å². The van der Waals surface area contributed by atoms with Crippen LogP contribution in [0.3, 0.4) is 0 Å². The number of anilines is 1. The molecule has 0 amide bonds. The highest BCUT2D eigenvalue weighted by Gasteiger charge is 2.53. The van der Waals surface area contributed by atoms with Crippen molar-refractivity contribution in [1.29, 1.82) is 0 Å². The first-order valence-corrected chi connectivity index (χ1v) is 17.2. The van der Waals surface area contributed by atoms with E-state index in [9.17, 15) is 0 Å². The van der Waals surface area contributed by atoms with Gasteiger partial charge in [0.2, 0.25) is 8.24 Å². The zero-order valence-corrected chi connectivity index (χ0v) is 26.5. The third kappa shape index (κ3) is 6.82. The van der Waals surface area contributed by atoms with Gasteiger partial charge in [0.1, 0.15) is 0 Å². The van der Waals surface area contributed by atoms with E-state index >= 15 is 0 Å². The van der Waals surface area contributed by atoms with Crippen LogP contribution in [0.4, 0.5) is 5.69 Å². The fourth-order valence-electron chi connectivity index (χ4n) is 6.41. The summed E-state index contributed by atoms with van der Waals surface area (Å²) in [5.41, 5.74) is 4.10. The van der Waals surface area contributed by atoms with Gasteiger partial charge in [-0.25, -0.2) is 0 Å². The Labute approximate surface area is 250 Å². The Hall–Kier alpha value is -3.62. The molecule has 4 aromatic rings. The highest BCUT2D eigenvalue weighted by atomic mass is 28.3. The third-order valence-corrected chi connectivity index (χ3v) is 13.9. The molecule has 1 atom stereocenters. The minimum absolute atomic E-state index is 0.0305. The number of hydrogen-bond donors (Lipinski definition) is 0. The molecule has 212 valence electrons. The average Bonchev–Trinajstić information content (AvgIpc) is 3.00. The quantitative estimate of drug-likeness (QED) is 0.0898. The maximum Gasteiger partial charge on any atom is 0.230 e. The van der Waals surface area contributed by atoms with Crippen LogP contribution in [0.2, 0.25) is 5.04 Å². The van der Waals surface area contributed by atoms with Gasteiger partial charge in [0.05, 0.1) is 0 Å². The molecule has 0 aliphatic heterocycles. The van der Waals surface area contributed by atoms with Crippen LogP contribution in [0.15, 0.2) is 146 Å². The highest BCUT2D eigenvalue weighted by molar-refractivity contribution is 7.07. The lowest BCUT2D eigenvalue weighted by atomic mass is 9.86. The zero-order chi connectivity index (χ0) is 29.1. The molecule has 0 bridgehead atoms. The van der Waals surface area contributed by atoms with Crippen LogP contribution >= 0.6 is 0 Å². The molecule has 41 heavy (non-hydrogen) atoms. The predicted molar refractivity (Wildman–Crippen MR) is 183 cm³/mol. The van der Waals surface area contributed by atoms with E-state index in [0.29, 0.717) is 0 Å². The molecule has 0 spiro atoms. The smallest absolute Gasteiger partial charge is 0.230 e. The normalized spacial score (nSPS) is 13.0. The van der Waals surface area contributed by atoms with Crippen molar-refractivity contribution in [2.75, 3.05) is 4.57 Å². The van der Waals surface area contributed by atoms with E-state index in [4.69, 9.17) is 0 Å². The van der Waals surface area contributed by atoms with Gasteiger partial charge in [-0.15, -0.1) is 6.58 Å². The van der Waals surface area contributed by atoms with Crippen molar-refractivity contribution in [3.05, 3.63) is 151 Å². The SMILES string of the molecule is C=CCC(/C(=C\N(c1ccccc1)[Si](c1ccccc1)(c1ccccc1)C(C)(C)C)CCCCC)c1ccccc1. The summed E-state index contributed by atoms with van der Waals surface area (Å²) in [6.45, 7) is 13.8. The standard InChI is InChI=1S/C39H47NSi/c1-6-8-13-25-34(38(22-7-2)33-23-14-9-15-24-33)32-40(35-26-16-10-17-27-35)41(39(3,4)5,36-28-18-11-19-29-36)37-30-20-12-21-31-37/h7,9-12,14-21,23-24,26-32,38H,2,6,8,13,22,25H2,1,3-5H3/b34-32-. The van der Waals surface area contributed by atoms with Gasteiger partial charge in [0.25, 0.3) is 0 Å². The summed E-state index contributed by atoms with van der Waals surface area (Å²) >= 11 is 0. The highest BCUT2D eigenvalue weighted by Crippen LogP contribution is 2.42. The lowest BCUT2D eigenvalue weighted by molar-refractivity contribution is 0.664. The first-order chi connectivity index (χ1) is 19.9. The van der Waals surface area contributed by atoms with Crippen LogP contribution in [-0.2, 0) is 0 Å². The number of para-hydroxylation sites is 1. The van der Waals surface area contributed by atoms with Gasteiger partial charge in [-0.05, 0) is 64.1 Å². The van der Waals surface area contributed by atoms with Crippen molar-refractivity contribution in [3.63, 3.8) is 0 Å². The molecule has 1 unspecified atom stereocenters. The molecule has 4 aromatic carbocycles.